The van der Waals surface area contributed by atoms with Gasteiger partial charge in [0.15, 0.2) is 5.71 Å². The van der Waals surface area contributed by atoms with Crippen LogP contribution >= 0.6 is 0 Å². The molecule has 11 heteroatoms. The van der Waals surface area contributed by atoms with Gasteiger partial charge in [0.25, 0.3) is 11.8 Å². The number of ether oxygens (including phenoxy) is 1. The fourth-order valence-electron chi connectivity index (χ4n) is 2.61. The van der Waals surface area contributed by atoms with Crippen LogP contribution in [0.4, 0.5) is 11.4 Å². The standard InChI is InChI=1S/C18H19N5O5S/c1-28-9-8-20-17(24)11-2-7-15-14(10-11)16(18(25)21-15)23-22-12-3-5-13(6-4-12)29(19,26)27/h2-7,10,22H,8-9H2,1H3,(H,20,24)(H2,19,26,27)(H,21,23,25). The summed E-state index contributed by atoms with van der Waals surface area (Å²) in [7, 11) is -2.26. The molecule has 152 valence electrons. The second-order valence-corrected chi connectivity index (χ2v) is 7.67. The van der Waals surface area contributed by atoms with Crippen molar-refractivity contribution >= 4 is 38.9 Å². The summed E-state index contributed by atoms with van der Waals surface area (Å²) in [4.78, 5) is 24.4. The maximum Gasteiger partial charge on any atom is 0.276 e. The van der Waals surface area contributed by atoms with Crippen molar-refractivity contribution in [1.82, 2.24) is 5.32 Å². The predicted molar refractivity (Wildman–Crippen MR) is 107 cm³/mol. The third-order valence-corrected chi connectivity index (χ3v) is 5.00. The average Bonchev–Trinajstić information content (AvgIpc) is 3.00. The molecule has 2 amide bonds. The number of anilines is 2. The van der Waals surface area contributed by atoms with Crippen LogP contribution in [0.1, 0.15) is 15.9 Å². The first kappa shape index (κ1) is 20.5. The summed E-state index contributed by atoms with van der Waals surface area (Å²) < 4.78 is 27.5. The summed E-state index contributed by atoms with van der Waals surface area (Å²) in [5, 5.41) is 14.5. The molecule has 29 heavy (non-hydrogen) atoms. The van der Waals surface area contributed by atoms with E-state index in [1.54, 1.807) is 18.2 Å². The maximum atomic E-state index is 12.2. The van der Waals surface area contributed by atoms with Gasteiger partial charge in [0.2, 0.25) is 10.0 Å². The van der Waals surface area contributed by atoms with Gasteiger partial charge in [0.05, 0.1) is 22.9 Å². The molecule has 0 aliphatic carbocycles. The fourth-order valence-corrected chi connectivity index (χ4v) is 3.13. The van der Waals surface area contributed by atoms with Crippen molar-refractivity contribution in [1.29, 1.82) is 0 Å². The van der Waals surface area contributed by atoms with Gasteiger partial charge in [-0.1, -0.05) is 0 Å². The van der Waals surface area contributed by atoms with Gasteiger partial charge < -0.3 is 15.4 Å². The van der Waals surface area contributed by atoms with Crippen molar-refractivity contribution in [3.05, 3.63) is 53.6 Å². The molecule has 0 spiro atoms. The number of amides is 2. The van der Waals surface area contributed by atoms with Gasteiger partial charge in [-0.2, -0.15) is 5.10 Å². The first-order valence-electron chi connectivity index (χ1n) is 8.49. The Bertz CT molecular complexity index is 1080. The topological polar surface area (TPSA) is 152 Å². The Hall–Kier alpha value is -3.28. The average molecular weight is 417 g/mol. The summed E-state index contributed by atoms with van der Waals surface area (Å²) in [6.07, 6.45) is 0. The number of fused-ring (bicyclic) bond motifs is 1. The molecule has 0 radical (unpaired) electrons. The molecular weight excluding hydrogens is 398 g/mol. The van der Waals surface area contributed by atoms with Crippen molar-refractivity contribution < 1.29 is 22.7 Å². The number of rotatable bonds is 7. The van der Waals surface area contributed by atoms with Crippen molar-refractivity contribution in [2.24, 2.45) is 10.2 Å². The van der Waals surface area contributed by atoms with Crippen LogP contribution in [-0.4, -0.2) is 46.2 Å². The zero-order valence-electron chi connectivity index (χ0n) is 15.4. The Kier molecular flexibility index (Phi) is 5.92. The SMILES string of the molecule is COCCNC(=O)c1ccc2c(c1)C(=NNc1ccc(S(N)(=O)=O)cc1)C(=O)N2. The quantitative estimate of drug-likeness (QED) is 0.380. The van der Waals surface area contributed by atoms with Crippen LogP contribution in [0.15, 0.2) is 52.5 Å². The van der Waals surface area contributed by atoms with Gasteiger partial charge >= 0.3 is 0 Å². The number of nitrogens with one attached hydrogen (secondary N) is 3. The molecule has 1 aliphatic rings. The number of nitrogens with two attached hydrogens (primary N) is 1. The van der Waals surface area contributed by atoms with Gasteiger partial charge in [0.1, 0.15) is 0 Å². The van der Waals surface area contributed by atoms with E-state index in [-0.39, 0.29) is 16.5 Å². The highest BCUT2D eigenvalue weighted by Gasteiger charge is 2.27. The molecular formula is C18H19N5O5S. The summed E-state index contributed by atoms with van der Waals surface area (Å²) in [6, 6.07) is 10.4. The summed E-state index contributed by atoms with van der Waals surface area (Å²) in [5.41, 5.74) is 4.65. The lowest BCUT2D eigenvalue weighted by Gasteiger charge is -2.06. The first-order valence-corrected chi connectivity index (χ1v) is 10.0. The molecule has 3 rings (SSSR count). The minimum absolute atomic E-state index is 0.0382. The van der Waals surface area contributed by atoms with Crippen LogP contribution in [0.3, 0.4) is 0 Å². The molecule has 0 fully saturated rings. The van der Waals surface area contributed by atoms with E-state index in [0.717, 1.165) is 0 Å². The number of carbonyl (C=O) groups excluding carboxylic acids is 2. The van der Waals surface area contributed by atoms with E-state index in [1.165, 1.54) is 31.4 Å². The number of hydrogen-bond donors (Lipinski definition) is 4. The van der Waals surface area contributed by atoms with Crippen molar-refractivity contribution in [2.45, 2.75) is 4.90 Å². The Morgan fingerprint density at radius 1 is 1.21 bits per heavy atom. The lowest BCUT2D eigenvalue weighted by Crippen LogP contribution is -2.27. The van der Waals surface area contributed by atoms with E-state index < -0.39 is 15.9 Å². The highest BCUT2D eigenvalue weighted by molar-refractivity contribution is 7.89. The third-order valence-electron chi connectivity index (χ3n) is 4.07. The molecule has 0 saturated heterocycles. The molecule has 2 aromatic carbocycles. The number of benzene rings is 2. The minimum atomic E-state index is -3.79. The Labute approximate surface area is 167 Å². The van der Waals surface area contributed by atoms with Crippen molar-refractivity contribution in [3.8, 4) is 0 Å². The molecule has 0 atom stereocenters. The zero-order valence-corrected chi connectivity index (χ0v) is 16.2. The molecule has 0 aromatic heterocycles. The smallest absolute Gasteiger partial charge is 0.276 e. The van der Waals surface area contributed by atoms with Gasteiger partial charge in [-0.05, 0) is 42.5 Å². The number of carbonyl (C=O) groups is 2. The number of nitrogens with zero attached hydrogens (tertiary/aromatic N) is 1. The lowest BCUT2D eigenvalue weighted by molar-refractivity contribution is -0.110. The van der Waals surface area contributed by atoms with Crippen molar-refractivity contribution in [3.63, 3.8) is 0 Å². The molecule has 5 N–H and O–H groups in total. The minimum Gasteiger partial charge on any atom is -0.383 e. The highest BCUT2D eigenvalue weighted by Crippen LogP contribution is 2.25. The van der Waals surface area contributed by atoms with Crippen LogP contribution in [-0.2, 0) is 19.6 Å². The predicted octanol–water partition coefficient (Wildman–Crippen LogP) is 0.478. The largest absolute Gasteiger partial charge is 0.383 e. The first-order chi connectivity index (χ1) is 13.8. The summed E-state index contributed by atoms with van der Waals surface area (Å²) in [5.74, 6) is -0.722. The number of primary sulfonamides is 1. The normalized spacial score (nSPS) is 14.4. The Balaban J connectivity index is 1.80. The van der Waals surface area contributed by atoms with Gasteiger partial charge in [-0.3, -0.25) is 15.0 Å². The van der Waals surface area contributed by atoms with Crippen LogP contribution in [0.5, 0.6) is 0 Å². The van der Waals surface area contributed by atoms with E-state index in [1.807, 2.05) is 0 Å². The van der Waals surface area contributed by atoms with Crippen LogP contribution in [0, 0.1) is 0 Å². The van der Waals surface area contributed by atoms with Gasteiger partial charge in [-0.15, -0.1) is 0 Å². The number of sulfonamides is 1. The van der Waals surface area contributed by atoms with E-state index in [0.29, 0.717) is 35.7 Å². The Morgan fingerprint density at radius 2 is 1.93 bits per heavy atom. The number of methoxy groups -OCH3 is 1. The number of hydrazone groups is 1. The second kappa shape index (κ2) is 8.39. The van der Waals surface area contributed by atoms with E-state index in [4.69, 9.17) is 9.88 Å². The van der Waals surface area contributed by atoms with Crippen LogP contribution in [0.25, 0.3) is 0 Å². The van der Waals surface area contributed by atoms with Crippen molar-refractivity contribution in [2.75, 3.05) is 31.0 Å². The Morgan fingerprint density at radius 3 is 2.59 bits per heavy atom. The van der Waals surface area contributed by atoms with E-state index >= 15 is 0 Å². The molecule has 2 aromatic rings. The maximum absolute atomic E-state index is 12.2. The lowest BCUT2D eigenvalue weighted by atomic mass is 10.1. The monoisotopic (exact) mass is 417 g/mol. The zero-order chi connectivity index (χ0) is 21.0. The molecule has 10 nitrogen and oxygen atoms in total. The van der Waals surface area contributed by atoms with Gasteiger partial charge in [-0.25, -0.2) is 13.6 Å². The van der Waals surface area contributed by atoms with E-state index in [2.05, 4.69) is 21.2 Å². The molecule has 0 saturated carbocycles. The van der Waals surface area contributed by atoms with Crippen LogP contribution in [0.2, 0.25) is 0 Å². The van der Waals surface area contributed by atoms with Gasteiger partial charge in [0, 0.05) is 24.8 Å². The van der Waals surface area contributed by atoms with Crippen LogP contribution < -0.4 is 21.2 Å². The molecule has 0 unspecified atom stereocenters. The van der Waals surface area contributed by atoms with E-state index in [9.17, 15) is 18.0 Å². The third kappa shape index (κ3) is 4.77. The molecule has 0 bridgehead atoms. The second-order valence-electron chi connectivity index (χ2n) is 6.10. The summed E-state index contributed by atoms with van der Waals surface area (Å²) >= 11 is 0. The fraction of sp³-hybridized carbons (Fsp3) is 0.167. The number of hydrogen-bond acceptors (Lipinski definition) is 7. The molecule has 1 heterocycles. The summed E-state index contributed by atoms with van der Waals surface area (Å²) in [6.45, 7) is 0.748. The molecule has 1 aliphatic heterocycles. The highest BCUT2D eigenvalue weighted by atomic mass is 32.2.